The van der Waals surface area contributed by atoms with E-state index in [4.69, 9.17) is 4.74 Å². The molecule has 0 heterocycles. The van der Waals surface area contributed by atoms with Gasteiger partial charge in [-0.1, -0.05) is 55.1 Å². The van der Waals surface area contributed by atoms with Gasteiger partial charge in [0.05, 0.1) is 6.61 Å². The second-order valence-electron chi connectivity index (χ2n) is 5.48. The number of carbonyl (C=O) groups is 1. The molecule has 3 nitrogen and oxygen atoms in total. The van der Waals surface area contributed by atoms with Gasteiger partial charge in [0.25, 0.3) is 0 Å². The Morgan fingerprint density at radius 2 is 1.82 bits per heavy atom. The van der Waals surface area contributed by atoms with E-state index in [1.165, 1.54) is 23.7 Å². The summed E-state index contributed by atoms with van der Waals surface area (Å²) in [6, 6.07) is 1.04. The zero-order valence-corrected chi connectivity index (χ0v) is 14.5. The molecule has 5 heteroatoms. The number of nitrogens with one attached hydrogen (secondary N) is 1. The van der Waals surface area contributed by atoms with Gasteiger partial charge in [0.15, 0.2) is 0 Å². The molecule has 0 aromatic rings. The summed E-state index contributed by atoms with van der Waals surface area (Å²) < 4.78 is 6.36. The van der Waals surface area contributed by atoms with Gasteiger partial charge in [0, 0.05) is 14.6 Å². The van der Waals surface area contributed by atoms with Crippen molar-refractivity contribution in [3.05, 3.63) is 0 Å². The lowest BCUT2D eigenvalue weighted by Gasteiger charge is -2.15. The molecule has 0 saturated heterocycles. The molecule has 0 aromatic heterocycles. The van der Waals surface area contributed by atoms with E-state index in [1.807, 2.05) is 0 Å². The van der Waals surface area contributed by atoms with Crippen molar-refractivity contribution in [2.75, 3.05) is 17.6 Å². The fourth-order valence-electron chi connectivity index (χ4n) is 1.26. The number of amides is 1. The van der Waals surface area contributed by atoms with Gasteiger partial charge in [-0.2, -0.15) is 0 Å². The first-order valence-electron chi connectivity index (χ1n) is 6.42. The Labute approximate surface area is 120 Å². The van der Waals surface area contributed by atoms with E-state index in [0.717, 1.165) is 19.0 Å². The van der Waals surface area contributed by atoms with Gasteiger partial charge in [-0.15, -0.1) is 0 Å². The minimum absolute atomic E-state index is 0.253. The van der Waals surface area contributed by atoms with Crippen LogP contribution < -0.4 is 5.32 Å². The minimum atomic E-state index is -1.08. The molecule has 0 spiro atoms. The van der Waals surface area contributed by atoms with Crippen LogP contribution in [0.4, 0.5) is 4.79 Å². The molecule has 0 atom stereocenters. The Kier molecular flexibility index (Phi) is 10.3. The monoisotopic (exact) mass is 371 g/mol. The second-order valence-corrected chi connectivity index (χ2v) is 12.2. The molecule has 0 aliphatic rings. The fourth-order valence-corrected chi connectivity index (χ4v) is 2.52. The Morgan fingerprint density at radius 1 is 1.18 bits per heavy atom. The highest BCUT2D eigenvalue weighted by Crippen LogP contribution is 2.07. The zero-order valence-electron chi connectivity index (χ0n) is 11.4. The van der Waals surface area contributed by atoms with Crippen LogP contribution >= 0.6 is 22.6 Å². The molecule has 1 amide bonds. The first-order valence-corrected chi connectivity index (χ1v) is 11.7. The summed E-state index contributed by atoms with van der Waals surface area (Å²) in [6.45, 7) is 8.15. The summed E-state index contributed by atoms with van der Waals surface area (Å²) in [7, 11) is -1.08. The molecule has 0 aliphatic carbocycles. The van der Waals surface area contributed by atoms with Gasteiger partial charge in [-0.3, -0.25) is 0 Å². The summed E-state index contributed by atoms with van der Waals surface area (Å²) in [5.74, 6) is 0. The van der Waals surface area contributed by atoms with Crippen LogP contribution in [0, 0.1) is 0 Å². The number of ether oxygens (including phenoxy) is 1. The van der Waals surface area contributed by atoms with Crippen LogP contribution in [0.5, 0.6) is 0 Å². The van der Waals surface area contributed by atoms with Crippen LogP contribution in [0.15, 0.2) is 0 Å². The third-order valence-corrected chi connectivity index (χ3v) is 4.88. The van der Waals surface area contributed by atoms with E-state index in [2.05, 4.69) is 47.5 Å². The normalized spacial score (nSPS) is 11.3. The standard InChI is InChI=1S/C12H26INO2Si/c1-17(2,3)11-10-16-12(15)14-9-7-5-4-6-8-13/h4-11H2,1-3H3,(H,14,15). The number of rotatable bonds is 9. The van der Waals surface area contributed by atoms with Crippen molar-refractivity contribution in [2.24, 2.45) is 0 Å². The maximum absolute atomic E-state index is 11.3. The number of hydrogen-bond donors (Lipinski definition) is 1. The van der Waals surface area contributed by atoms with E-state index >= 15 is 0 Å². The maximum Gasteiger partial charge on any atom is 0.407 e. The van der Waals surface area contributed by atoms with E-state index in [1.54, 1.807) is 0 Å². The van der Waals surface area contributed by atoms with Crippen LogP contribution in [0.25, 0.3) is 0 Å². The van der Waals surface area contributed by atoms with E-state index in [-0.39, 0.29) is 6.09 Å². The summed E-state index contributed by atoms with van der Waals surface area (Å²) >= 11 is 2.39. The second kappa shape index (κ2) is 10.2. The predicted octanol–water partition coefficient (Wildman–Crippen LogP) is 4.05. The fraction of sp³-hybridized carbons (Fsp3) is 0.917. The molecule has 0 saturated carbocycles. The van der Waals surface area contributed by atoms with Crippen molar-refractivity contribution >= 4 is 36.8 Å². The highest BCUT2D eigenvalue weighted by atomic mass is 127. The smallest absolute Gasteiger partial charge is 0.407 e. The van der Waals surface area contributed by atoms with Crippen molar-refractivity contribution in [1.29, 1.82) is 0 Å². The summed E-state index contributed by atoms with van der Waals surface area (Å²) in [5, 5.41) is 2.80. The highest BCUT2D eigenvalue weighted by Gasteiger charge is 2.13. The quantitative estimate of drug-likeness (QED) is 0.287. The molecule has 0 bridgehead atoms. The molecule has 0 rings (SSSR count). The van der Waals surface area contributed by atoms with E-state index in [9.17, 15) is 4.79 Å². The average molecular weight is 371 g/mol. The van der Waals surface area contributed by atoms with Gasteiger partial charge in [0.1, 0.15) is 0 Å². The molecule has 0 aromatic carbocycles. The van der Waals surface area contributed by atoms with Crippen molar-refractivity contribution in [1.82, 2.24) is 5.32 Å². The van der Waals surface area contributed by atoms with Crippen LogP contribution in [-0.2, 0) is 4.74 Å². The SMILES string of the molecule is C[Si](C)(C)CCOC(=O)NCCCCCCI. The van der Waals surface area contributed by atoms with Gasteiger partial charge in [-0.25, -0.2) is 4.79 Å². The predicted molar refractivity (Wildman–Crippen MR) is 84.9 cm³/mol. The summed E-state index contributed by atoms with van der Waals surface area (Å²) in [6.07, 6.45) is 4.53. The molecule has 0 aliphatic heterocycles. The van der Waals surface area contributed by atoms with E-state index in [0.29, 0.717) is 6.61 Å². The maximum atomic E-state index is 11.3. The van der Waals surface area contributed by atoms with Gasteiger partial charge < -0.3 is 10.1 Å². The topological polar surface area (TPSA) is 38.3 Å². The number of carbonyl (C=O) groups excluding carboxylic acids is 1. The zero-order chi connectivity index (χ0) is 13.1. The van der Waals surface area contributed by atoms with Crippen LogP contribution in [0.3, 0.4) is 0 Å². The van der Waals surface area contributed by atoms with Crippen LogP contribution in [-0.4, -0.2) is 31.7 Å². The number of alkyl carbamates (subject to hydrolysis) is 1. The summed E-state index contributed by atoms with van der Waals surface area (Å²) in [5.41, 5.74) is 0. The average Bonchev–Trinajstić information content (AvgIpc) is 2.21. The molecular formula is C12H26INO2Si. The number of hydrogen-bond acceptors (Lipinski definition) is 2. The molecule has 0 radical (unpaired) electrons. The Hall–Kier alpha value is 0.217. The Morgan fingerprint density at radius 3 is 2.41 bits per heavy atom. The molecule has 102 valence electrons. The first-order chi connectivity index (χ1) is 7.95. The third kappa shape index (κ3) is 14.2. The van der Waals surface area contributed by atoms with Crippen LogP contribution in [0.1, 0.15) is 25.7 Å². The third-order valence-electron chi connectivity index (χ3n) is 2.41. The van der Waals surface area contributed by atoms with Gasteiger partial charge >= 0.3 is 6.09 Å². The molecule has 0 unspecified atom stereocenters. The van der Waals surface area contributed by atoms with Crippen molar-refractivity contribution in [3.63, 3.8) is 0 Å². The Bertz CT molecular complexity index is 207. The molecule has 0 fully saturated rings. The minimum Gasteiger partial charge on any atom is -0.450 e. The van der Waals surface area contributed by atoms with Crippen molar-refractivity contribution < 1.29 is 9.53 Å². The lowest BCUT2D eigenvalue weighted by Crippen LogP contribution is -2.28. The molecule has 17 heavy (non-hydrogen) atoms. The van der Waals surface area contributed by atoms with E-state index < -0.39 is 8.07 Å². The van der Waals surface area contributed by atoms with Crippen LogP contribution in [0.2, 0.25) is 25.7 Å². The van der Waals surface area contributed by atoms with Gasteiger partial charge in [0.2, 0.25) is 0 Å². The van der Waals surface area contributed by atoms with Crippen molar-refractivity contribution in [2.45, 2.75) is 51.4 Å². The van der Waals surface area contributed by atoms with Gasteiger partial charge in [-0.05, 0) is 23.3 Å². The first kappa shape index (κ1) is 17.2. The largest absolute Gasteiger partial charge is 0.450 e. The molecule has 1 N–H and O–H groups in total. The number of unbranched alkanes of at least 4 members (excludes halogenated alkanes) is 3. The summed E-state index contributed by atoms with van der Waals surface area (Å²) in [4.78, 5) is 11.3. The lowest BCUT2D eigenvalue weighted by molar-refractivity contribution is 0.151. The number of halogens is 1. The lowest BCUT2D eigenvalue weighted by atomic mass is 10.2. The number of alkyl halides is 1. The highest BCUT2D eigenvalue weighted by molar-refractivity contribution is 14.1. The molecular weight excluding hydrogens is 345 g/mol. The van der Waals surface area contributed by atoms with Crippen molar-refractivity contribution in [3.8, 4) is 0 Å². The Balaban J connectivity index is 3.29.